The molecule has 2 aromatic carbocycles. The molecular weight excluding hydrogens is 394 g/mol. The van der Waals surface area contributed by atoms with Crippen LogP contribution in [-0.2, 0) is 4.79 Å². The van der Waals surface area contributed by atoms with Crippen LogP contribution in [0.1, 0.15) is 25.8 Å². The summed E-state index contributed by atoms with van der Waals surface area (Å²) >= 11 is 1.45. The zero-order valence-corrected chi connectivity index (χ0v) is 17.3. The van der Waals surface area contributed by atoms with Crippen molar-refractivity contribution in [1.29, 1.82) is 0 Å². The molecule has 1 atom stereocenters. The minimum Gasteiger partial charge on any atom is -0.325 e. The average Bonchev–Trinajstić information content (AvgIpc) is 3.54. The number of carbonyl (C=O) groups is 1. The first-order valence-corrected chi connectivity index (χ1v) is 10.9. The van der Waals surface area contributed by atoms with E-state index in [4.69, 9.17) is 0 Å². The number of hydrogen-bond donors (Lipinski definition) is 1. The highest BCUT2D eigenvalue weighted by atomic mass is 32.2. The maximum absolute atomic E-state index is 12.9. The third-order valence-electron chi connectivity index (χ3n) is 5.21. The molecule has 0 aliphatic heterocycles. The van der Waals surface area contributed by atoms with Gasteiger partial charge in [0.25, 0.3) is 0 Å². The fraction of sp³-hybridized carbons (Fsp3) is 0.217. The highest BCUT2D eigenvalue weighted by Crippen LogP contribution is 2.41. The Labute approximate surface area is 178 Å². The van der Waals surface area contributed by atoms with Gasteiger partial charge < -0.3 is 5.32 Å². The molecule has 1 fully saturated rings. The van der Waals surface area contributed by atoms with Crippen molar-refractivity contribution < 1.29 is 4.79 Å². The second-order valence-corrected chi connectivity index (χ2v) is 8.73. The van der Waals surface area contributed by atoms with Gasteiger partial charge in [-0.25, -0.2) is 0 Å². The first-order valence-electron chi connectivity index (χ1n) is 10.0. The largest absolute Gasteiger partial charge is 0.325 e. The molecule has 1 amide bonds. The quantitative estimate of drug-likeness (QED) is 0.451. The second kappa shape index (κ2) is 7.91. The minimum absolute atomic E-state index is 0.0489. The van der Waals surface area contributed by atoms with Gasteiger partial charge in [0.05, 0.1) is 5.25 Å². The van der Waals surface area contributed by atoms with Gasteiger partial charge in [-0.1, -0.05) is 48.2 Å². The van der Waals surface area contributed by atoms with Crippen LogP contribution in [0, 0.1) is 0 Å². The Morgan fingerprint density at radius 3 is 2.63 bits per heavy atom. The van der Waals surface area contributed by atoms with Crippen LogP contribution < -0.4 is 5.32 Å². The number of aromatic nitrogens is 4. The number of rotatable bonds is 6. The van der Waals surface area contributed by atoms with Crippen molar-refractivity contribution in [1.82, 2.24) is 19.7 Å². The molecule has 1 aliphatic rings. The molecule has 1 aliphatic carbocycles. The van der Waals surface area contributed by atoms with Gasteiger partial charge in [0.15, 0.2) is 11.0 Å². The van der Waals surface area contributed by atoms with E-state index in [1.165, 1.54) is 11.8 Å². The van der Waals surface area contributed by atoms with Gasteiger partial charge in [0.1, 0.15) is 0 Å². The lowest BCUT2D eigenvalue weighted by Gasteiger charge is -2.14. The van der Waals surface area contributed by atoms with Crippen molar-refractivity contribution in [2.24, 2.45) is 0 Å². The second-order valence-electron chi connectivity index (χ2n) is 7.42. The lowest BCUT2D eigenvalue weighted by molar-refractivity contribution is -0.115. The molecule has 6 nitrogen and oxygen atoms in total. The molecule has 2 heterocycles. The number of fused-ring (bicyclic) bond motifs is 1. The number of amides is 1. The van der Waals surface area contributed by atoms with Gasteiger partial charge in [-0.15, -0.1) is 10.2 Å². The van der Waals surface area contributed by atoms with Gasteiger partial charge in [-0.2, -0.15) is 0 Å². The van der Waals surface area contributed by atoms with Crippen LogP contribution in [0.4, 0.5) is 5.69 Å². The summed E-state index contributed by atoms with van der Waals surface area (Å²) in [7, 11) is 0. The van der Waals surface area contributed by atoms with Gasteiger partial charge in [-0.05, 0) is 43.4 Å². The Morgan fingerprint density at radius 2 is 1.83 bits per heavy atom. The summed E-state index contributed by atoms with van der Waals surface area (Å²) in [5.41, 5.74) is 1.82. The predicted molar refractivity (Wildman–Crippen MR) is 119 cm³/mol. The molecule has 5 rings (SSSR count). The molecule has 7 heteroatoms. The summed E-state index contributed by atoms with van der Waals surface area (Å²) in [6, 6.07) is 18.3. The number of anilines is 1. The number of thioether (sulfide) groups is 1. The normalized spacial score (nSPS) is 14.6. The molecule has 0 unspecified atom stereocenters. The van der Waals surface area contributed by atoms with Crippen molar-refractivity contribution in [2.75, 3.05) is 5.32 Å². The van der Waals surface area contributed by atoms with E-state index < -0.39 is 0 Å². The molecule has 1 saturated carbocycles. The fourth-order valence-electron chi connectivity index (χ4n) is 3.50. The Kier molecular flexibility index (Phi) is 4.96. The van der Waals surface area contributed by atoms with Crippen molar-refractivity contribution in [3.05, 3.63) is 67.0 Å². The fourth-order valence-corrected chi connectivity index (χ4v) is 4.42. The summed E-state index contributed by atoms with van der Waals surface area (Å²) in [5, 5.41) is 14.5. The van der Waals surface area contributed by atoms with E-state index in [0.29, 0.717) is 6.04 Å². The van der Waals surface area contributed by atoms with Crippen molar-refractivity contribution in [2.45, 2.75) is 36.2 Å². The van der Waals surface area contributed by atoms with Crippen molar-refractivity contribution in [3.63, 3.8) is 0 Å². The minimum atomic E-state index is -0.309. The van der Waals surface area contributed by atoms with Crippen LogP contribution in [0.15, 0.2) is 72.1 Å². The molecule has 0 bridgehead atoms. The van der Waals surface area contributed by atoms with E-state index in [-0.39, 0.29) is 11.2 Å². The van der Waals surface area contributed by atoms with Crippen molar-refractivity contribution in [3.8, 4) is 11.4 Å². The van der Waals surface area contributed by atoms with E-state index in [0.717, 1.165) is 45.8 Å². The third kappa shape index (κ3) is 3.68. The van der Waals surface area contributed by atoms with Gasteiger partial charge in [0.2, 0.25) is 5.91 Å². The zero-order valence-electron chi connectivity index (χ0n) is 16.5. The van der Waals surface area contributed by atoms with E-state index in [1.54, 1.807) is 12.4 Å². The van der Waals surface area contributed by atoms with Gasteiger partial charge >= 0.3 is 0 Å². The average molecular weight is 416 g/mol. The van der Waals surface area contributed by atoms with Gasteiger partial charge in [0, 0.05) is 35.1 Å². The standard InChI is InChI=1S/C23H21N5OS/c1-15(22(29)25-20-8-4-6-16-5-2-3-7-19(16)20)30-23-27-26-21(28(23)18-9-10-18)17-11-13-24-14-12-17/h2-8,11-15,18H,9-10H2,1H3,(H,25,29)/t15-/m1/s1. The summed E-state index contributed by atoms with van der Waals surface area (Å²) in [5.74, 6) is 0.788. The molecular formula is C23H21N5OS. The van der Waals surface area contributed by atoms with E-state index in [1.807, 2.05) is 61.5 Å². The Hall–Kier alpha value is -3.19. The third-order valence-corrected chi connectivity index (χ3v) is 6.27. The number of carbonyl (C=O) groups excluding carboxylic acids is 1. The van der Waals surface area contributed by atoms with Crippen molar-refractivity contribution >= 4 is 34.1 Å². The number of pyridine rings is 1. The zero-order chi connectivity index (χ0) is 20.5. The summed E-state index contributed by atoms with van der Waals surface area (Å²) in [6.07, 6.45) is 5.74. The molecule has 1 N–H and O–H groups in total. The number of nitrogens with zero attached hydrogens (tertiary/aromatic N) is 4. The first-order chi connectivity index (χ1) is 14.7. The highest BCUT2D eigenvalue weighted by Gasteiger charge is 2.31. The lowest BCUT2D eigenvalue weighted by Crippen LogP contribution is -2.23. The maximum Gasteiger partial charge on any atom is 0.237 e. The number of benzene rings is 2. The Balaban J connectivity index is 1.37. The summed E-state index contributed by atoms with van der Waals surface area (Å²) < 4.78 is 2.17. The summed E-state index contributed by atoms with van der Waals surface area (Å²) in [6.45, 7) is 1.91. The molecule has 2 aromatic heterocycles. The lowest BCUT2D eigenvalue weighted by atomic mass is 10.1. The van der Waals surface area contributed by atoms with Crippen LogP contribution in [0.5, 0.6) is 0 Å². The topological polar surface area (TPSA) is 72.7 Å². The van der Waals surface area contributed by atoms with E-state index in [9.17, 15) is 4.79 Å². The SMILES string of the molecule is C[C@@H](Sc1nnc(-c2ccncc2)n1C1CC1)C(=O)Nc1cccc2ccccc12. The van der Waals surface area contributed by atoms with Crippen LogP contribution in [-0.4, -0.2) is 30.9 Å². The molecule has 0 spiro atoms. The molecule has 0 saturated heterocycles. The summed E-state index contributed by atoms with van der Waals surface area (Å²) in [4.78, 5) is 17.0. The molecule has 30 heavy (non-hydrogen) atoms. The monoisotopic (exact) mass is 415 g/mol. The van der Waals surface area contributed by atoms with E-state index >= 15 is 0 Å². The van der Waals surface area contributed by atoms with Gasteiger partial charge in [-0.3, -0.25) is 14.3 Å². The molecule has 0 radical (unpaired) electrons. The smallest absolute Gasteiger partial charge is 0.237 e. The Bertz CT molecular complexity index is 1200. The highest BCUT2D eigenvalue weighted by molar-refractivity contribution is 8.00. The number of hydrogen-bond acceptors (Lipinski definition) is 5. The molecule has 150 valence electrons. The Morgan fingerprint density at radius 1 is 1.07 bits per heavy atom. The number of nitrogens with one attached hydrogen (secondary N) is 1. The first kappa shape index (κ1) is 18.8. The van der Waals surface area contributed by atoms with E-state index in [2.05, 4.69) is 25.1 Å². The van der Waals surface area contributed by atoms with Crippen LogP contribution in [0.3, 0.4) is 0 Å². The van der Waals surface area contributed by atoms with Crippen LogP contribution in [0.25, 0.3) is 22.2 Å². The van der Waals surface area contributed by atoms with Crippen LogP contribution >= 0.6 is 11.8 Å². The predicted octanol–water partition coefficient (Wildman–Crippen LogP) is 4.95. The van der Waals surface area contributed by atoms with Crippen LogP contribution in [0.2, 0.25) is 0 Å². The molecule has 4 aromatic rings. The maximum atomic E-state index is 12.9.